The van der Waals surface area contributed by atoms with Gasteiger partial charge in [-0.3, -0.25) is 4.57 Å². The van der Waals surface area contributed by atoms with Gasteiger partial charge in [0.25, 0.3) is 0 Å². The Morgan fingerprint density at radius 1 is 1.00 bits per heavy atom. The van der Waals surface area contributed by atoms with E-state index in [1.165, 1.54) is 0 Å². The topological polar surface area (TPSA) is 43.0 Å². The molecule has 2 aromatic heterocycles. The Balaban J connectivity index is 2.10. The third kappa shape index (κ3) is 2.11. The number of nitrogens with zero attached hydrogens (tertiary/aromatic N) is 3. The fourth-order valence-electron chi connectivity index (χ4n) is 3.03. The van der Waals surface area contributed by atoms with Crippen molar-refractivity contribution >= 4 is 11.0 Å². The number of aromatic hydroxyl groups is 1. The van der Waals surface area contributed by atoms with Crippen molar-refractivity contribution in [1.29, 1.82) is 0 Å². The van der Waals surface area contributed by atoms with Crippen LogP contribution in [-0.2, 0) is 7.05 Å². The summed E-state index contributed by atoms with van der Waals surface area (Å²) in [5, 5.41) is 9.72. The van der Waals surface area contributed by atoms with Crippen molar-refractivity contribution in [2.75, 3.05) is 0 Å². The van der Waals surface area contributed by atoms with E-state index in [0.717, 1.165) is 33.8 Å². The Kier molecular flexibility index (Phi) is 2.98. The first-order chi connectivity index (χ1) is 11.1. The van der Waals surface area contributed by atoms with Gasteiger partial charge in [-0.05, 0) is 55.0 Å². The number of imidazole rings is 1. The molecule has 4 rings (SSSR count). The first kappa shape index (κ1) is 13.6. The summed E-state index contributed by atoms with van der Waals surface area (Å²) in [7, 11) is 2.02. The van der Waals surface area contributed by atoms with Crippen molar-refractivity contribution < 1.29 is 5.11 Å². The highest BCUT2D eigenvalue weighted by Gasteiger charge is 2.17. The quantitative estimate of drug-likeness (QED) is 0.607. The third-order valence-electron chi connectivity index (χ3n) is 4.15. The Hall–Kier alpha value is -3.01. The van der Waals surface area contributed by atoms with Crippen LogP contribution in [0.25, 0.3) is 28.2 Å². The van der Waals surface area contributed by atoms with E-state index < -0.39 is 0 Å². The average molecular weight is 303 g/mol. The van der Waals surface area contributed by atoms with Crippen LogP contribution in [0.4, 0.5) is 0 Å². The lowest BCUT2D eigenvalue weighted by Gasteiger charge is -2.13. The molecule has 0 radical (unpaired) electrons. The van der Waals surface area contributed by atoms with Gasteiger partial charge in [-0.1, -0.05) is 12.1 Å². The molecule has 0 spiro atoms. The van der Waals surface area contributed by atoms with Crippen LogP contribution in [0.2, 0.25) is 0 Å². The van der Waals surface area contributed by atoms with Crippen LogP contribution in [0.3, 0.4) is 0 Å². The second-order valence-corrected chi connectivity index (χ2v) is 5.73. The maximum Gasteiger partial charge on any atom is 0.162 e. The van der Waals surface area contributed by atoms with Gasteiger partial charge in [0.15, 0.2) is 5.82 Å². The van der Waals surface area contributed by atoms with Gasteiger partial charge in [0.1, 0.15) is 5.75 Å². The number of hydrogen-bond donors (Lipinski definition) is 1. The Morgan fingerprint density at radius 3 is 2.57 bits per heavy atom. The molecule has 4 heteroatoms. The standard InChI is InChI=1S/C19H17N3O/c1-13-12-14(23)9-10-16(13)22-17-7-4-3-6-15(17)20-19(22)18-8-5-11-21(18)2/h3-12,23H,1-2H3. The highest BCUT2D eigenvalue weighted by atomic mass is 16.3. The molecule has 0 aliphatic rings. The van der Waals surface area contributed by atoms with Gasteiger partial charge in [0.05, 0.1) is 22.4 Å². The third-order valence-corrected chi connectivity index (χ3v) is 4.15. The molecule has 0 aliphatic heterocycles. The number of fused-ring (bicyclic) bond motifs is 1. The molecule has 0 saturated heterocycles. The number of aryl methyl sites for hydroxylation is 2. The van der Waals surface area contributed by atoms with Crippen LogP contribution in [0.15, 0.2) is 60.8 Å². The molecular formula is C19H17N3O. The van der Waals surface area contributed by atoms with Crippen LogP contribution < -0.4 is 0 Å². The molecule has 0 amide bonds. The number of hydrogen-bond acceptors (Lipinski definition) is 2. The predicted octanol–water partition coefficient (Wildman–Crippen LogP) is 4.05. The molecule has 0 atom stereocenters. The van der Waals surface area contributed by atoms with E-state index in [0.29, 0.717) is 0 Å². The van der Waals surface area contributed by atoms with Crippen LogP contribution in [0.1, 0.15) is 5.56 Å². The van der Waals surface area contributed by atoms with Crippen molar-refractivity contribution in [1.82, 2.24) is 14.1 Å². The lowest BCUT2D eigenvalue weighted by atomic mass is 10.1. The summed E-state index contributed by atoms with van der Waals surface area (Å²) < 4.78 is 4.22. The molecule has 1 N–H and O–H groups in total. The molecule has 114 valence electrons. The summed E-state index contributed by atoms with van der Waals surface area (Å²) in [6.45, 7) is 2.00. The SMILES string of the molecule is Cc1cc(O)ccc1-n1c(-c2cccn2C)nc2ccccc21. The van der Waals surface area contributed by atoms with Crippen molar-refractivity contribution in [3.05, 3.63) is 66.4 Å². The van der Waals surface area contributed by atoms with E-state index in [4.69, 9.17) is 4.98 Å². The number of para-hydroxylation sites is 2. The summed E-state index contributed by atoms with van der Waals surface area (Å²) in [5.41, 5.74) is 5.08. The molecule has 0 unspecified atom stereocenters. The van der Waals surface area contributed by atoms with Crippen LogP contribution >= 0.6 is 0 Å². The van der Waals surface area contributed by atoms with Gasteiger partial charge in [0, 0.05) is 13.2 Å². The average Bonchev–Trinajstić information content (AvgIpc) is 3.11. The molecule has 0 fully saturated rings. The number of aromatic nitrogens is 3. The minimum Gasteiger partial charge on any atom is -0.508 e. The summed E-state index contributed by atoms with van der Waals surface area (Å²) >= 11 is 0. The second-order valence-electron chi connectivity index (χ2n) is 5.73. The Morgan fingerprint density at radius 2 is 1.83 bits per heavy atom. The molecule has 0 aliphatic carbocycles. The van der Waals surface area contributed by atoms with Crippen LogP contribution in [0.5, 0.6) is 5.75 Å². The van der Waals surface area contributed by atoms with Gasteiger partial charge < -0.3 is 9.67 Å². The highest BCUT2D eigenvalue weighted by molar-refractivity contribution is 5.83. The minimum absolute atomic E-state index is 0.274. The first-order valence-electron chi connectivity index (χ1n) is 7.54. The van der Waals surface area contributed by atoms with E-state index in [1.54, 1.807) is 12.1 Å². The van der Waals surface area contributed by atoms with Gasteiger partial charge >= 0.3 is 0 Å². The zero-order valence-corrected chi connectivity index (χ0v) is 13.1. The van der Waals surface area contributed by atoms with E-state index >= 15 is 0 Å². The predicted molar refractivity (Wildman–Crippen MR) is 91.9 cm³/mol. The number of phenols is 1. The molecule has 0 bridgehead atoms. The zero-order chi connectivity index (χ0) is 16.0. The van der Waals surface area contributed by atoms with Crippen LogP contribution in [0, 0.1) is 6.92 Å². The van der Waals surface area contributed by atoms with Crippen LogP contribution in [-0.4, -0.2) is 19.2 Å². The molecule has 2 heterocycles. The van der Waals surface area contributed by atoms with Crippen molar-refractivity contribution in [2.45, 2.75) is 6.92 Å². The fourth-order valence-corrected chi connectivity index (χ4v) is 3.03. The molecule has 4 nitrogen and oxygen atoms in total. The lowest BCUT2D eigenvalue weighted by molar-refractivity contribution is 0.475. The molecular weight excluding hydrogens is 286 g/mol. The largest absolute Gasteiger partial charge is 0.508 e. The number of benzene rings is 2. The molecule has 0 saturated carbocycles. The van der Waals surface area contributed by atoms with Gasteiger partial charge in [-0.25, -0.2) is 4.98 Å². The summed E-state index contributed by atoms with van der Waals surface area (Å²) in [6, 6.07) is 17.6. The van der Waals surface area contributed by atoms with Gasteiger partial charge in [-0.2, -0.15) is 0 Å². The summed E-state index contributed by atoms with van der Waals surface area (Å²) in [4.78, 5) is 4.84. The highest BCUT2D eigenvalue weighted by Crippen LogP contribution is 2.31. The lowest BCUT2D eigenvalue weighted by Crippen LogP contribution is -2.02. The number of rotatable bonds is 2. The van der Waals surface area contributed by atoms with Crippen molar-refractivity contribution in [3.63, 3.8) is 0 Å². The molecule has 23 heavy (non-hydrogen) atoms. The van der Waals surface area contributed by atoms with E-state index in [9.17, 15) is 5.11 Å². The molecule has 2 aromatic carbocycles. The number of phenolic OH excluding ortho intramolecular Hbond substituents is 1. The summed E-state index contributed by atoms with van der Waals surface area (Å²) in [5.74, 6) is 1.17. The maximum atomic E-state index is 9.72. The second kappa shape index (κ2) is 5.02. The summed E-state index contributed by atoms with van der Waals surface area (Å²) in [6.07, 6.45) is 2.02. The van der Waals surface area contributed by atoms with Gasteiger partial charge in [-0.15, -0.1) is 0 Å². The van der Waals surface area contributed by atoms with E-state index in [2.05, 4.69) is 21.3 Å². The van der Waals surface area contributed by atoms with Crippen molar-refractivity contribution in [3.8, 4) is 23.0 Å². The minimum atomic E-state index is 0.274. The fraction of sp³-hybridized carbons (Fsp3) is 0.105. The first-order valence-corrected chi connectivity index (χ1v) is 7.54. The maximum absolute atomic E-state index is 9.72. The van der Waals surface area contributed by atoms with E-state index in [-0.39, 0.29) is 5.75 Å². The Bertz CT molecular complexity index is 1010. The normalized spacial score (nSPS) is 11.2. The molecule has 4 aromatic rings. The monoisotopic (exact) mass is 303 g/mol. The smallest absolute Gasteiger partial charge is 0.162 e. The Labute approximate surface area is 134 Å². The van der Waals surface area contributed by atoms with Crippen molar-refractivity contribution in [2.24, 2.45) is 7.05 Å². The van der Waals surface area contributed by atoms with E-state index in [1.807, 2.05) is 50.5 Å². The zero-order valence-electron chi connectivity index (χ0n) is 13.1. The van der Waals surface area contributed by atoms with Gasteiger partial charge in [0.2, 0.25) is 0 Å².